The predicted molar refractivity (Wildman–Crippen MR) is 69.0 cm³/mol. The Labute approximate surface area is 103 Å². The monoisotopic (exact) mass is 400 g/mol. The molecule has 0 spiro atoms. The van der Waals surface area contributed by atoms with Crippen LogP contribution in [0.1, 0.15) is 5.56 Å². The van der Waals surface area contributed by atoms with Gasteiger partial charge in [-0.25, -0.2) is 4.79 Å². The van der Waals surface area contributed by atoms with Crippen molar-refractivity contribution in [2.45, 2.75) is 0 Å². The van der Waals surface area contributed by atoms with Gasteiger partial charge in [-0.1, -0.05) is 30.3 Å². The Balaban J connectivity index is 3.11. The SMILES string of the molecule is O=C(O)/C(I)=C(/I)c1ccccc1. The van der Waals surface area contributed by atoms with Crippen molar-refractivity contribution in [3.63, 3.8) is 0 Å². The smallest absolute Gasteiger partial charge is 0.343 e. The molecule has 2 nitrogen and oxygen atoms in total. The van der Waals surface area contributed by atoms with E-state index >= 15 is 0 Å². The lowest BCUT2D eigenvalue weighted by Crippen LogP contribution is -1.94. The highest BCUT2D eigenvalue weighted by Gasteiger charge is 2.09. The minimum atomic E-state index is -0.881. The summed E-state index contributed by atoms with van der Waals surface area (Å²) in [5.74, 6) is -0.881. The minimum absolute atomic E-state index is 0.351. The van der Waals surface area contributed by atoms with Gasteiger partial charge in [0.25, 0.3) is 0 Å². The second-order valence-corrected chi connectivity index (χ2v) is 4.46. The van der Waals surface area contributed by atoms with Gasteiger partial charge in [0.2, 0.25) is 0 Å². The van der Waals surface area contributed by atoms with Gasteiger partial charge < -0.3 is 5.11 Å². The van der Waals surface area contributed by atoms with Crippen molar-refractivity contribution < 1.29 is 9.90 Å². The van der Waals surface area contributed by atoms with Crippen LogP contribution < -0.4 is 0 Å². The predicted octanol–water partition coefficient (Wildman–Crippen LogP) is 3.31. The van der Waals surface area contributed by atoms with Crippen molar-refractivity contribution in [3.8, 4) is 0 Å². The van der Waals surface area contributed by atoms with Gasteiger partial charge in [-0.3, -0.25) is 0 Å². The maximum Gasteiger partial charge on any atom is 0.343 e. The summed E-state index contributed by atoms with van der Waals surface area (Å²) in [6.45, 7) is 0. The van der Waals surface area contributed by atoms with Crippen molar-refractivity contribution in [3.05, 3.63) is 39.5 Å². The molecule has 1 aromatic carbocycles. The zero-order chi connectivity index (χ0) is 9.84. The molecule has 0 aliphatic rings. The molecule has 0 amide bonds. The maximum atomic E-state index is 10.6. The second kappa shape index (κ2) is 4.94. The Morgan fingerprint density at radius 3 is 2.15 bits per heavy atom. The van der Waals surface area contributed by atoms with Crippen LogP contribution in [0.5, 0.6) is 0 Å². The molecule has 13 heavy (non-hydrogen) atoms. The molecule has 0 fully saturated rings. The molecule has 0 aliphatic carbocycles. The van der Waals surface area contributed by atoms with Crippen molar-refractivity contribution in [1.29, 1.82) is 0 Å². The number of aliphatic carboxylic acids is 1. The van der Waals surface area contributed by atoms with E-state index in [1.54, 1.807) is 0 Å². The number of carboxylic acids is 1. The zero-order valence-electron chi connectivity index (χ0n) is 6.50. The molecule has 1 N–H and O–H groups in total. The van der Waals surface area contributed by atoms with E-state index in [0.29, 0.717) is 3.58 Å². The lowest BCUT2D eigenvalue weighted by molar-refractivity contribution is -0.131. The number of rotatable bonds is 2. The number of benzene rings is 1. The molecule has 0 radical (unpaired) electrons. The summed E-state index contributed by atoms with van der Waals surface area (Å²) in [5.41, 5.74) is 0.940. The Morgan fingerprint density at radius 1 is 1.15 bits per heavy atom. The average Bonchev–Trinajstić information content (AvgIpc) is 2.17. The van der Waals surface area contributed by atoms with E-state index in [4.69, 9.17) is 5.11 Å². The van der Waals surface area contributed by atoms with Gasteiger partial charge in [0.1, 0.15) is 3.58 Å². The summed E-state index contributed by atoms with van der Waals surface area (Å²) < 4.78 is 1.12. The Morgan fingerprint density at radius 2 is 1.69 bits per heavy atom. The first kappa shape index (κ1) is 11.0. The molecule has 4 heteroatoms. The first-order chi connectivity index (χ1) is 6.13. The first-order valence-electron chi connectivity index (χ1n) is 3.47. The third-order valence-corrected chi connectivity index (χ3v) is 4.60. The van der Waals surface area contributed by atoms with Crippen molar-refractivity contribution in [1.82, 2.24) is 0 Å². The third kappa shape index (κ3) is 2.94. The molecule has 0 saturated carbocycles. The Kier molecular flexibility index (Phi) is 4.17. The minimum Gasteiger partial charge on any atom is -0.477 e. The van der Waals surface area contributed by atoms with Crippen LogP contribution in [0.15, 0.2) is 33.9 Å². The van der Waals surface area contributed by atoms with Gasteiger partial charge in [0, 0.05) is 3.58 Å². The summed E-state index contributed by atoms with van der Waals surface area (Å²) in [5, 5.41) is 8.74. The van der Waals surface area contributed by atoms with E-state index in [2.05, 4.69) is 0 Å². The lowest BCUT2D eigenvalue weighted by atomic mass is 10.2. The molecule has 0 heterocycles. The van der Waals surface area contributed by atoms with Crippen LogP contribution in [0.3, 0.4) is 0 Å². The number of carboxylic acid groups (broad SMARTS) is 1. The molecular weight excluding hydrogens is 394 g/mol. The van der Waals surface area contributed by atoms with E-state index in [-0.39, 0.29) is 0 Å². The van der Waals surface area contributed by atoms with Gasteiger partial charge >= 0.3 is 5.97 Å². The fourth-order valence-electron chi connectivity index (χ4n) is 0.805. The molecule has 1 rings (SSSR count). The number of hydrogen-bond acceptors (Lipinski definition) is 1. The summed E-state index contributed by atoms with van der Waals surface area (Å²) in [4.78, 5) is 10.6. The number of carbonyl (C=O) groups is 1. The van der Waals surface area contributed by atoms with E-state index in [1.807, 2.05) is 75.5 Å². The van der Waals surface area contributed by atoms with Crippen LogP contribution in [-0.2, 0) is 4.79 Å². The topological polar surface area (TPSA) is 37.3 Å². The van der Waals surface area contributed by atoms with Gasteiger partial charge in [-0.2, -0.15) is 0 Å². The highest BCUT2D eigenvalue weighted by Crippen LogP contribution is 2.29. The van der Waals surface area contributed by atoms with Crippen LogP contribution in [0.25, 0.3) is 3.58 Å². The van der Waals surface area contributed by atoms with Gasteiger partial charge in [0.05, 0.1) is 0 Å². The van der Waals surface area contributed by atoms with Crippen LogP contribution >= 0.6 is 45.2 Å². The number of halogens is 2. The van der Waals surface area contributed by atoms with Crippen molar-refractivity contribution in [2.75, 3.05) is 0 Å². The summed E-state index contributed by atoms with van der Waals surface area (Å²) in [7, 11) is 0. The molecule has 0 aromatic heterocycles. The number of hydrogen-bond donors (Lipinski definition) is 1. The molecule has 0 bridgehead atoms. The van der Waals surface area contributed by atoms with E-state index in [0.717, 1.165) is 9.14 Å². The van der Waals surface area contributed by atoms with Gasteiger partial charge in [-0.05, 0) is 50.7 Å². The largest absolute Gasteiger partial charge is 0.477 e. The molecule has 0 aliphatic heterocycles. The summed E-state index contributed by atoms with van der Waals surface area (Å²) in [6, 6.07) is 9.47. The Hall–Kier alpha value is -0.110. The van der Waals surface area contributed by atoms with Gasteiger partial charge in [0.15, 0.2) is 0 Å². The standard InChI is InChI=1S/C9H6I2O2/c10-7(8(11)9(12)13)6-4-2-1-3-5-6/h1-5H,(H,12,13)/b8-7-. The molecule has 0 atom stereocenters. The molecule has 0 unspecified atom stereocenters. The average molecular weight is 400 g/mol. The van der Waals surface area contributed by atoms with Crippen molar-refractivity contribution >= 4 is 54.7 Å². The second-order valence-electron chi connectivity index (χ2n) is 2.30. The molecule has 68 valence electrons. The van der Waals surface area contributed by atoms with E-state index in [1.165, 1.54) is 0 Å². The maximum absolute atomic E-state index is 10.6. The van der Waals surface area contributed by atoms with E-state index < -0.39 is 5.97 Å². The fraction of sp³-hybridized carbons (Fsp3) is 0. The molecular formula is C9H6I2O2. The van der Waals surface area contributed by atoms with E-state index in [9.17, 15) is 4.79 Å². The quantitative estimate of drug-likeness (QED) is 0.612. The third-order valence-electron chi connectivity index (χ3n) is 1.41. The highest BCUT2D eigenvalue weighted by atomic mass is 127. The van der Waals surface area contributed by atoms with Crippen LogP contribution in [0, 0.1) is 0 Å². The Bertz CT molecular complexity index is 344. The lowest BCUT2D eigenvalue weighted by Gasteiger charge is -2.00. The normalized spacial score (nSPS) is 12.2. The van der Waals surface area contributed by atoms with Crippen LogP contribution in [-0.4, -0.2) is 11.1 Å². The first-order valence-corrected chi connectivity index (χ1v) is 5.62. The summed E-state index contributed by atoms with van der Waals surface area (Å²) >= 11 is 3.87. The molecule has 0 saturated heterocycles. The molecule has 1 aromatic rings. The summed E-state index contributed by atoms with van der Waals surface area (Å²) in [6.07, 6.45) is 0. The van der Waals surface area contributed by atoms with Crippen LogP contribution in [0.2, 0.25) is 0 Å². The van der Waals surface area contributed by atoms with Gasteiger partial charge in [-0.15, -0.1) is 0 Å². The zero-order valence-corrected chi connectivity index (χ0v) is 10.8. The fourth-order valence-corrected chi connectivity index (χ4v) is 1.71. The van der Waals surface area contributed by atoms with Crippen LogP contribution in [0.4, 0.5) is 0 Å². The van der Waals surface area contributed by atoms with Crippen molar-refractivity contribution in [2.24, 2.45) is 0 Å². The highest BCUT2D eigenvalue weighted by molar-refractivity contribution is 14.1.